The molecule has 0 aromatic rings. The number of hydrogen-bond donors (Lipinski definition) is 0. The lowest BCUT2D eigenvalue weighted by molar-refractivity contribution is -0.182. The maximum absolute atomic E-state index is 11.2. The average molecular weight is 189 g/mol. The van der Waals surface area contributed by atoms with Crippen LogP contribution in [0.5, 0.6) is 0 Å². The van der Waals surface area contributed by atoms with Crippen LogP contribution >= 0.6 is 0 Å². The van der Waals surface area contributed by atoms with Gasteiger partial charge in [-0.15, -0.1) is 0 Å². The Morgan fingerprint density at radius 1 is 1.46 bits per heavy atom. The van der Waals surface area contributed by atoms with Gasteiger partial charge in [-0.25, -0.2) is 4.79 Å². The molecule has 1 heterocycles. The summed E-state index contributed by atoms with van der Waals surface area (Å²) in [4.78, 5) is 13.0. The van der Waals surface area contributed by atoms with Crippen molar-refractivity contribution in [3.8, 4) is 0 Å². The summed E-state index contributed by atoms with van der Waals surface area (Å²) in [5.74, 6) is -0.362. The first-order valence-corrected chi connectivity index (χ1v) is 4.09. The summed E-state index contributed by atoms with van der Waals surface area (Å²) in [7, 11) is 4.72. The fourth-order valence-electron chi connectivity index (χ4n) is 1.33. The van der Waals surface area contributed by atoms with Gasteiger partial charge in [-0.3, -0.25) is 4.90 Å². The summed E-state index contributed by atoms with van der Waals surface area (Å²) in [5, 5.41) is 0. The van der Waals surface area contributed by atoms with Gasteiger partial charge >= 0.3 is 5.97 Å². The summed E-state index contributed by atoms with van der Waals surface area (Å²) in [6.07, 6.45) is -1.01. The van der Waals surface area contributed by atoms with Crippen LogP contribution in [0.4, 0.5) is 0 Å². The van der Waals surface area contributed by atoms with Crippen LogP contribution in [-0.4, -0.2) is 50.7 Å². The summed E-state index contributed by atoms with van der Waals surface area (Å²) >= 11 is 0. The van der Waals surface area contributed by atoms with Crippen LogP contribution in [0.1, 0.15) is 6.92 Å². The number of carbonyl (C=O) groups is 1. The number of esters is 1. The molecule has 0 spiro atoms. The van der Waals surface area contributed by atoms with Crippen LogP contribution in [0.3, 0.4) is 0 Å². The third-order valence-electron chi connectivity index (χ3n) is 2.31. The molecule has 1 rings (SSSR count). The molecule has 1 aliphatic rings. The standard InChI is InChI=1S/C8H15NO4/c1-5-6(7(10)11-3)13-8(12-4)9(5)2/h5-6,8H,1-4H3/t5-,6?,8?/m1/s1. The number of rotatable bonds is 2. The normalized spacial score (nSPS) is 34.9. The van der Waals surface area contributed by atoms with Crippen molar-refractivity contribution in [3.05, 3.63) is 0 Å². The van der Waals surface area contributed by atoms with Crippen LogP contribution < -0.4 is 0 Å². The molecule has 1 saturated heterocycles. The van der Waals surface area contributed by atoms with Crippen LogP contribution in [0.2, 0.25) is 0 Å². The first-order valence-electron chi connectivity index (χ1n) is 4.09. The third kappa shape index (κ3) is 1.82. The second-order valence-electron chi connectivity index (χ2n) is 3.03. The van der Waals surface area contributed by atoms with E-state index >= 15 is 0 Å². The Morgan fingerprint density at radius 2 is 2.08 bits per heavy atom. The number of hydrogen-bond acceptors (Lipinski definition) is 5. The molecule has 5 nitrogen and oxygen atoms in total. The van der Waals surface area contributed by atoms with E-state index in [4.69, 9.17) is 9.47 Å². The molecule has 0 aromatic carbocycles. The molecule has 5 heteroatoms. The van der Waals surface area contributed by atoms with Gasteiger partial charge in [-0.1, -0.05) is 0 Å². The molecule has 0 aliphatic carbocycles. The summed E-state index contributed by atoms with van der Waals surface area (Å²) < 4.78 is 14.9. The zero-order chi connectivity index (χ0) is 10.0. The minimum atomic E-state index is -0.556. The fourth-order valence-corrected chi connectivity index (χ4v) is 1.33. The van der Waals surface area contributed by atoms with Crippen molar-refractivity contribution in [2.75, 3.05) is 21.3 Å². The lowest BCUT2D eigenvalue weighted by Crippen LogP contribution is -2.36. The summed E-state index contributed by atoms with van der Waals surface area (Å²) in [6, 6.07) is -0.0302. The second-order valence-corrected chi connectivity index (χ2v) is 3.03. The van der Waals surface area contributed by atoms with E-state index in [1.54, 1.807) is 0 Å². The number of ether oxygens (including phenoxy) is 3. The van der Waals surface area contributed by atoms with Crippen molar-refractivity contribution in [3.63, 3.8) is 0 Å². The van der Waals surface area contributed by atoms with Crippen molar-refractivity contribution >= 4 is 5.97 Å². The minimum Gasteiger partial charge on any atom is -0.467 e. The van der Waals surface area contributed by atoms with Gasteiger partial charge in [0, 0.05) is 13.2 Å². The molecule has 1 aliphatic heterocycles. The van der Waals surface area contributed by atoms with E-state index in [2.05, 4.69) is 4.74 Å². The molecule has 13 heavy (non-hydrogen) atoms. The van der Waals surface area contributed by atoms with Gasteiger partial charge in [-0.05, 0) is 14.0 Å². The molecular weight excluding hydrogens is 174 g/mol. The monoisotopic (exact) mass is 189 g/mol. The average Bonchev–Trinajstić information content (AvgIpc) is 2.43. The van der Waals surface area contributed by atoms with Crippen molar-refractivity contribution in [1.29, 1.82) is 0 Å². The Hall–Kier alpha value is -0.650. The third-order valence-corrected chi connectivity index (χ3v) is 2.31. The highest BCUT2D eigenvalue weighted by atomic mass is 16.7. The van der Waals surface area contributed by atoms with Gasteiger partial charge in [0.25, 0.3) is 0 Å². The second kappa shape index (κ2) is 4.04. The van der Waals surface area contributed by atoms with Gasteiger partial charge < -0.3 is 14.2 Å². The molecular formula is C8H15NO4. The lowest BCUT2D eigenvalue weighted by Gasteiger charge is -2.18. The van der Waals surface area contributed by atoms with E-state index in [0.29, 0.717) is 0 Å². The van der Waals surface area contributed by atoms with Gasteiger partial charge in [0.1, 0.15) is 0 Å². The Balaban J connectivity index is 2.65. The zero-order valence-corrected chi connectivity index (χ0v) is 8.31. The molecule has 0 saturated carbocycles. The molecule has 1 fully saturated rings. The molecule has 0 radical (unpaired) electrons. The van der Waals surface area contributed by atoms with Crippen LogP contribution in [-0.2, 0) is 19.0 Å². The zero-order valence-electron chi connectivity index (χ0n) is 8.31. The highest BCUT2D eigenvalue weighted by molar-refractivity contribution is 5.75. The summed E-state index contributed by atoms with van der Waals surface area (Å²) in [5.41, 5.74) is 0. The Bertz CT molecular complexity index is 197. The molecule has 2 unspecified atom stereocenters. The quantitative estimate of drug-likeness (QED) is 0.563. The first-order chi connectivity index (χ1) is 6.11. The number of methoxy groups -OCH3 is 2. The largest absolute Gasteiger partial charge is 0.467 e. The van der Waals surface area contributed by atoms with Gasteiger partial charge in [-0.2, -0.15) is 0 Å². The molecule has 0 N–H and O–H groups in total. The van der Waals surface area contributed by atoms with E-state index in [-0.39, 0.29) is 12.0 Å². The Morgan fingerprint density at radius 3 is 2.46 bits per heavy atom. The van der Waals surface area contributed by atoms with E-state index in [9.17, 15) is 4.79 Å². The van der Waals surface area contributed by atoms with Crippen molar-refractivity contribution in [2.24, 2.45) is 0 Å². The fraction of sp³-hybridized carbons (Fsp3) is 0.875. The highest BCUT2D eigenvalue weighted by Crippen LogP contribution is 2.22. The van der Waals surface area contributed by atoms with Crippen molar-refractivity contribution in [2.45, 2.75) is 25.5 Å². The van der Waals surface area contributed by atoms with Gasteiger partial charge in [0.15, 0.2) is 6.10 Å². The van der Waals surface area contributed by atoms with E-state index < -0.39 is 12.5 Å². The maximum atomic E-state index is 11.2. The topological polar surface area (TPSA) is 48.0 Å². The molecule has 76 valence electrons. The molecule has 3 atom stereocenters. The van der Waals surface area contributed by atoms with E-state index in [1.165, 1.54) is 14.2 Å². The number of carbonyl (C=O) groups excluding carboxylic acids is 1. The Kier molecular flexibility index (Phi) is 3.24. The highest BCUT2D eigenvalue weighted by Gasteiger charge is 2.42. The van der Waals surface area contributed by atoms with Crippen LogP contribution in [0.15, 0.2) is 0 Å². The summed E-state index contributed by atoms with van der Waals surface area (Å²) in [6.45, 7) is 1.89. The van der Waals surface area contributed by atoms with Crippen molar-refractivity contribution < 1.29 is 19.0 Å². The predicted molar refractivity (Wildman–Crippen MR) is 44.9 cm³/mol. The predicted octanol–water partition coefficient (Wildman–Crippen LogP) is -0.192. The van der Waals surface area contributed by atoms with Crippen LogP contribution in [0.25, 0.3) is 0 Å². The van der Waals surface area contributed by atoms with E-state index in [0.717, 1.165) is 0 Å². The van der Waals surface area contributed by atoms with Crippen molar-refractivity contribution in [1.82, 2.24) is 4.90 Å². The Labute approximate surface area is 77.6 Å². The number of nitrogens with zero attached hydrogens (tertiary/aromatic N) is 1. The van der Waals surface area contributed by atoms with Crippen LogP contribution in [0, 0.1) is 0 Å². The van der Waals surface area contributed by atoms with Gasteiger partial charge in [0.05, 0.1) is 7.11 Å². The smallest absolute Gasteiger partial charge is 0.336 e. The van der Waals surface area contributed by atoms with Gasteiger partial charge in [0.2, 0.25) is 6.41 Å². The number of likely N-dealkylation sites (N-methyl/N-ethyl adjacent to an activating group) is 1. The van der Waals surface area contributed by atoms with E-state index in [1.807, 2.05) is 18.9 Å². The molecule has 0 amide bonds. The molecule has 0 aromatic heterocycles. The maximum Gasteiger partial charge on any atom is 0.336 e. The SMILES string of the molecule is COC(=O)C1OC(OC)N(C)[C@@H]1C. The lowest BCUT2D eigenvalue weighted by atomic mass is 10.2. The first kappa shape index (κ1) is 10.4. The molecule has 0 bridgehead atoms. The minimum absolute atomic E-state index is 0.0302.